The quantitative estimate of drug-likeness (QED) is 0.745. The molecule has 0 bridgehead atoms. The number of halogens is 1. The number of aromatic carboxylic acids is 1. The Morgan fingerprint density at radius 3 is 2.57 bits per heavy atom. The number of ether oxygens (including phenoxy) is 1. The third-order valence-corrected chi connectivity index (χ3v) is 5.16. The van der Waals surface area contributed by atoms with E-state index in [4.69, 9.17) is 21.4 Å². The lowest BCUT2D eigenvalue weighted by Crippen LogP contribution is -2.28. The predicted octanol–water partition coefficient (Wildman–Crippen LogP) is 0.704. The van der Waals surface area contributed by atoms with Gasteiger partial charge in [0.25, 0.3) is 0 Å². The van der Waals surface area contributed by atoms with Gasteiger partial charge >= 0.3 is 5.97 Å². The number of rotatable bonds is 7. The van der Waals surface area contributed by atoms with Crippen LogP contribution in [0.25, 0.3) is 0 Å². The van der Waals surface area contributed by atoms with E-state index in [1.807, 2.05) is 0 Å². The van der Waals surface area contributed by atoms with E-state index >= 15 is 0 Å². The van der Waals surface area contributed by atoms with Crippen molar-refractivity contribution in [2.75, 3.05) is 25.7 Å². The van der Waals surface area contributed by atoms with Gasteiger partial charge in [-0.1, -0.05) is 11.6 Å². The van der Waals surface area contributed by atoms with Crippen LogP contribution in [0.15, 0.2) is 17.0 Å². The molecule has 0 aromatic heterocycles. The highest BCUT2D eigenvalue weighted by atomic mass is 35.5. The van der Waals surface area contributed by atoms with Gasteiger partial charge in [0.1, 0.15) is 16.2 Å². The van der Waals surface area contributed by atoms with Crippen molar-refractivity contribution in [3.05, 3.63) is 22.7 Å². The van der Waals surface area contributed by atoms with Crippen molar-refractivity contribution in [1.29, 1.82) is 0 Å². The first-order chi connectivity index (χ1) is 9.69. The minimum Gasteiger partial charge on any atom is -0.496 e. The molecule has 0 heterocycles. The zero-order chi connectivity index (χ0) is 16.2. The van der Waals surface area contributed by atoms with E-state index in [0.717, 1.165) is 12.1 Å². The van der Waals surface area contributed by atoms with E-state index in [2.05, 4.69) is 4.72 Å². The van der Waals surface area contributed by atoms with Gasteiger partial charge in [-0.05, 0) is 6.07 Å². The second-order valence-corrected chi connectivity index (χ2v) is 7.66. The summed E-state index contributed by atoms with van der Waals surface area (Å²) >= 11 is 5.83. The Balaban J connectivity index is 3.18. The lowest BCUT2D eigenvalue weighted by Gasteiger charge is -2.11. The predicted molar refractivity (Wildman–Crippen MR) is 79.1 cm³/mol. The maximum absolute atomic E-state index is 12.1. The van der Waals surface area contributed by atoms with Crippen LogP contribution in [-0.4, -0.2) is 49.4 Å². The van der Waals surface area contributed by atoms with Crippen molar-refractivity contribution in [3.63, 3.8) is 0 Å². The summed E-state index contributed by atoms with van der Waals surface area (Å²) in [6.45, 7) is -0.0230. The Morgan fingerprint density at radius 2 is 2.10 bits per heavy atom. The molecule has 0 radical (unpaired) electrons. The zero-order valence-electron chi connectivity index (χ0n) is 11.3. The second kappa shape index (κ2) is 7.21. The number of hydrogen-bond donors (Lipinski definition) is 2. The number of nitrogens with one attached hydrogen (secondary N) is 1. The number of carboxylic acids is 1. The Bertz CT molecular complexity index is 674. The maximum atomic E-state index is 12.1. The van der Waals surface area contributed by atoms with Crippen LogP contribution in [0.4, 0.5) is 0 Å². The average Bonchev–Trinajstić information content (AvgIpc) is 2.37. The molecule has 1 unspecified atom stereocenters. The first-order valence-electron chi connectivity index (χ1n) is 5.59. The first kappa shape index (κ1) is 17.9. The molecule has 0 saturated heterocycles. The van der Waals surface area contributed by atoms with Crippen molar-refractivity contribution in [1.82, 2.24) is 4.72 Å². The Labute approximate surface area is 129 Å². The number of hydrogen-bond acceptors (Lipinski definition) is 5. The van der Waals surface area contributed by atoms with Crippen molar-refractivity contribution in [3.8, 4) is 5.75 Å². The van der Waals surface area contributed by atoms with Crippen LogP contribution in [0.5, 0.6) is 5.75 Å². The van der Waals surface area contributed by atoms with Gasteiger partial charge < -0.3 is 9.84 Å². The number of carbonyl (C=O) groups is 1. The molecule has 1 atom stereocenters. The van der Waals surface area contributed by atoms with Gasteiger partial charge in [0.15, 0.2) is 0 Å². The zero-order valence-corrected chi connectivity index (χ0v) is 13.6. The van der Waals surface area contributed by atoms with Crippen molar-refractivity contribution < 1.29 is 27.3 Å². The largest absolute Gasteiger partial charge is 0.496 e. The standard InChI is InChI=1S/C11H14ClNO6S2/c1-19-9-6-10(8(12)5-7(9)11(14)15)21(17,18)13-3-4-20(2)16/h5-6,13H,3-4H2,1-2H3,(H,14,15). The topological polar surface area (TPSA) is 110 Å². The molecule has 21 heavy (non-hydrogen) atoms. The number of sulfonamides is 1. The van der Waals surface area contributed by atoms with Gasteiger partial charge in [-0.25, -0.2) is 17.9 Å². The second-order valence-electron chi connectivity index (χ2n) is 3.96. The summed E-state index contributed by atoms with van der Waals surface area (Å²) in [7, 11) is -3.87. The molecule has 0 aliphatic heterocycles. The molecule has 0 fully saturated rings. The Hall–Kier alpha value is -1.16. The van der Waals surface area contributed by atoms with Gasteiger partial charge in [0.2, 0.25) is 10.0 Å². The van der Waals surface area contributed by atoms with E-state index in [9.17, 15) is 17.4 Å². The minimum absolute atomic E-state index is 0.0230. The smallest absolute Gasteiger partial charge is 0.339 e. The highest BCUT2D eigenvalue weighted by molar-refractivity contribution is 7.89. The summed E-state index contributed by atoms with van der Waals surface area (Å²) in [5.74, 6) is -1.25. The number of benzene rings is 1. The Kier molecular flexibility index (Phi) is 6.14. The molecular formula is C11H14ClNO6S2. The summed E-state index contributed by atoms with van der Waals surface area (Å²) in [5.41, 5.74) is -0.240. The van der Waals surface area contributed by atoms with Crippen LogP contribution in [0, 0.1) is 0 Å². The molecule has 2 N–H and O–H groups in total. The molecule has 0 aliphatic rings. The summed E-state index contributed by atoms with van der Waals surface area (Å²) in [6.07, 6.45) is 1.45. The molecule has 1 aromatic rings. The first-order valence-corrected chi connectivity index (χ1v) is 9.18. The SMILES string of the molecule is COc1cc(S(=O)(=O)NCCS(C)=O)c(Cl)cc1C(=O)O. The molecular weight excluding hydrogens is 342 g/mol. The molecule has 0 amide bonds. The fourth-order valence-electron chi connectivity index (χ4n) is 1.47. The monoisotopic (exact) mass is 355 g/mol. The number of methoxy groups -OCH3 is 1. The fourth-order valence-corrected chi connectivity index (χ4v) is 3.57. The molecule has 118 valence electrons. The van der Waals surface area contributed by atoms with Crippen molar-refractivity contribution >= 4 is 38.4 Å². The summed E-state index contributed by atoms with van der Waals surface area (Å²) in [5, 5.41) is 8.74. The molecule has 1 aromatic carbocycles. The van der Waals surface area contributed by atoms with E-state index in [-0.39, 0.29) is 33.5 Å². The molecule has 7 nitrogen and oxygen atoms in total. The Morgan fingerprint density at radius 1 is 1.48 bits per heavy atom. The van der Waals surface area contributed by atoms with Gasteiger partial charge in [0.05, 0.1) is 12.1 Å². The van der Waals surface area contributed by atoms with Crippen LogP contribution >= 0.6 is 11.6 Å². The summed E-state index contributed by atoms with van der Waals surface area (Å²) in [4.78, 5) is 10.7. The molecule has 0 aliphatic carbocycles. The lowest BCUT2D eigenvalue weighted by atomic mass is 10.2. The van der Waals surface area contributed by atoms with Crippen LogP contribution in [0.3, 0.4) is 0 Å². The van der Waals surface area contributed by atoms with Gasteiger partial charge in [-0.2, -0.15) is 0 Å². The van der Waals surface area contributed by atoms with Gasteiger partial charge in [0, 0.05) is 35.4 Å². The lowest BCUT2D eigenvalue weighted by molar-refractivity contribution is 0.0693. The fraction of sp³-hybridized carbons (Fsp3) is 0.364. The van der Waals surface area contributed by atoms with Crippen LogP contribution < -0.4 is 9.46 Å². The van der Waals surface area contributed by atoms with E-state index in [0.29, 0.717) is 0 Å². The summed E-state index contributed by atoms with van der Waals surface area (Å²) in [6, 6.07) is 2.05. The van der Waals surface area contributed by atoms with Gasteiger partial charge in [-0.15, -0.1) is 0 Å². The maximum Gasteiger partial charge on any atom is 0.339 e. The van der Waals surface area contributed by atoms with E-state index in [1.165, 1.54) is 13.4 Å². The van der Waals surface area contributed by atoms with Crippen molar-refractivity contribution in [2.45, 2.75) is 4.90 Å². The highest BCUT2D eigenvalue weighted by Gasteiger charge is 2.23. The van der Waals surface area contributed by atoms with Crippen LogP contribution in [0.2, 0.25) is 5.02 Å². The highest BCUT2D eigenvalue weighted by Crippen LogP contribution is 2.30. The molecule has 0 spiro atoms. The van der Waals surface area contributed by atoms with Crippen LogP contribution in [0.1, 0.15) is 10.4 Å². The summed E-state index contributed by atoms with van der Waals surface area (Å²) < 4.78 is 42.2. The molecule has 0 saturated carbocycles. The molecule has 1 rings (SSSR count). The minimum atomic E-state index is -3.95. The molecule has 10 heteroatoms. The van der Waals surface area contributed by atoms with E-state index < -0.39 is 26.8 Å². The van der Waals surface area contributed by atoms with Crippen molar-refractivity contribution in [2.24, 2.45) is 0 Å². The third kappa shape index (κ3) is 4.67. The third-order valence-electron chi connectivity index (χ3n) is 2.46. The number of carboxylic acid groups (broad SMARTS) is 1. The van der Waals surface area contributed by atoms with E-state index in [1.54, 1.807) is 0 Å². The van der Waals surface area contributed by atoms with Gasteiger partial charge in [-0.3, -0.25) is 4.21 Å². The van der Waals surface area contributed by atoms with Crippen LogP contribution in [-0.2, 0) is 20.8 Å². The average molecular weight is 356 g/mol. The normalized spacial score (nSPS) is 12.9.